The first-order chi connectivity index (χ1) is 2.00. The predicted molar refractivity (Wildman–Crippen MR) is 7.61 cm³/mol. The van der Waals surface area contributed by atoms with Crippen molar-refractivity contribution in [2.75, 3.05) is 0 Å². The maximum absolute atomic E-state index is 8.55. The third-order valence-electron chi connectivity index (χ3n) is 0. The number of rotatable bonds is 0. The monoisotopic (exact) mass is 204 g/mol. The van der Waals surface area contributed by atoms with Crippen LogP contribution in [0.25, 0.3) is 0 Å². The third kappa shape index (κ3) is 66.8. The normalized spacial score (nSPS) is 7.38. The van der Waals surface area contributed by atoms with Crippen LogP contribution in [0.15, 0.2) is 0 Å². The Labute approximate surface area is 112 Å². The summed E-state index contributed by atoms with van der Waals surface area (Å²) in [6.07, 6.45) is 0. The zero-order chi connectivity index (χ0) is 4.50. The summed E-state index contributed by atoms with van der Waals surface area (Å²) in [5, 5.41) is 0. The van der Waals surface area contributed by atoms with Crippen molar-refractivity contribution in [2.24, 2.45) is 0 Å². The zero-order valence-electron chi connectivity index (χ0n) is 4.38. The van der Waals surface area contributed by atoms with E-state index in [1.165, 1.54) is 0 Å². The molecule has 0 saturated heterocycles. The molecule has 0 spiro atoms. The van der Waals surface area contributed by atoms with Gasteiger partial charge in [-0.3, -0.25) is 0 Å². The van der Waals surface area contributed by atoms with Crippen LogP contribution in [-0.4, -0.2) is 0 Å². The molecule has 0 fully saturated rings. The van der Waals surface area contributed by atoms with Crippen LogP contribution in [0.2, 0.25) is 0 Å². The second kappa shape index (κ2) is 9.86. The second-order valence-corrected chi connectivity index (χ2v) is 1.34. The minimum atomic E-state index is -5.39. The molecule has 0 heterocycles. The standard InChI is InChI=1S/Cu.K.Li.H3O4P/c;;;1-5(2,3)4/h;;;(H3,1,2,3,4)/q3*+1;/p-3. The van der Waals surface area contributed by atoms with Gasteiger partial charge in [-0.1, -0.05) is 0 Å². The summed E-state index contributed by atoms with van der Waals surface area (Å²) in [5.41, 5.74) is 0. The van der Waals surface area contributed by atoms with Crippen molar-refractivity contribution in [3.05, 3.63) is 0 Å². The largest absolute Gasteiger partial charge is 1.00 e. The van der Waals surface area contributed by atoms with Gasteiger partial charge in [0.25, 0.3) is 0 Å². The molecule has 0 N–H and O–H groups in total. The fourth-order valence-corrected chi connectivity index (χ4v) is 0. The Bertz CT molecular complexity index is 62.2. The Hall–Kier alpha value is 2.86. The van der Waals surface area contributed by atoms with E-state index in [2.05, 4.69) is 0 Å². The fourth-order valence-electron chi connectivity index (χ4n) is 0. The molecule has 0 rings (SSSR count). The van der Waals surface area contributed by atoms with E-state index in [1.807, 2.05) is 0 Å². The maximum Gasteiger partial charge on any atom is 1.00 e. The van der Waals surface area contributed by atoms with Crippen LogP contribution in [0, 0.1) is 0 Å². The van der Waals surface area contributed by atoms with E-state index in [0.29, 0.717) is 0 Å². The van der Waals surface area contributed by atoms with E-state index in [0.717, 1.165) is 0 Å². The SMILES string of the molecule is O=P([O-])([O-])[O-].[Cu+].[K+].[Li+]. The summed E-state index contributed by atoms with van der Waals surface area (Å²) in [7, 11) is -5.39. The van der Waals surface area contributed by atoms with Crippen LogP contribution in [0.3, 0.4) is 0 Å². The first-order valence-electron chi connectivity index (χ1n) is 0.730. The Balaban J connectivity index is -0.0000000267. The Kier molecular flexibility index (Phi) is 27.7. The van der Waals surface area contributed by atoms with Gasteiger partial charge < -0.3 is 19.2 Å². The van der Waals surface area contributed by atoms with Gasteiger partial charge in [0.1, 0.15) is 0 Å². The third-order valence-corrected chi connectivity index (χ3v) is 0. The molecule has 0 aromatic carbocycles. The van der Waals surface area contributed by atoms with Crippen molar-refractivity contribution in [3.63, 3.8) is 0 Å². The summed E-state index contributed by atoms with van der Waals surface area (Å²) in [6, 6.07) is 0. The summed E-state index contributed by atoms with van der Waals surface area (Å²) < 4.78 is 8.55. The van der Waals surface area contributed by atoms with E-state index >= 15 is 0 Å². The van der Waals surface area contributed by atoms with E-state index < -0.39 is 7.82 Å². The van der Waals surface area contributed by atoms with Gasteiger partial charge in [0.05, 0.1) is 0 Å². The average molecular weight is 205 g/mol. The van der Waals surface area contributed by atoms with Gasteiger partial charge in [-0.2, -0.15) is 7.82 Å². The molecule has 0 aliphatic heterocycles. The molecular formula is CuKLiO4P. The molecular weight excluding hydrogens is 205 g/mol. The van der Waals surface area contributed by atoms with E-state index in [4.69, 9.17) is 19.2 Å². The molecule has 0 aromatic rings. The van der Waals surface area contributed by atoms with Crippen LogP contribution >= 0.6 is 7.82 Å². The van der Waals surface area contributed by atoms with Crippen molar-refractivity contribution in [3.8, 4) is 0 Å². The number of hydrogen-bond acceptors (Lipinski definition) is 4. The van der Waals surface area contributed by atoms with Gasteiger partial charge in [0.2, 0.25) is 0 Å². The van der Waals surface area contributed by atoms with Gasteiger partial charge in [0, 0.05) is 0 Å². The Morgan fingerprint density at radius 3 is 1.12 bits per heavy atom. The quantitative estimate of drug-likeness (QED) is 0.290. The van der Waals surface area contributed by atoms with Crippen molar-refractivity contribution < 1.29 is 107 Å². The molecule has 0 bridgehead atoms. The van der Waals surface area contributed by atoms with Gasteiger partial charge in [0.15, 0.2) is 0 Å². The van der Waals surface area contributed by atoms with Crippen LogP contribution in [0.4, 0.5) is 0 Å². The summed E-state index contributed by atoms with van der Waals surface area (Å²) in [6.45, 7) is 0. The Morgan fingerprint density at radius 2 is 1.12 bits per heavy atom. The summed E-state index contributed by atoms with van der Waals surface area (Å²) in [5.74, 6) is 0. The van der Waals surface area contributed by atoms with Gasteiger partial charge >= 0.3 is 87.3 Å². The molecule has 0 amide bonds. The number of hydrogen-bond donors (Lipinski definition) is 0. The first-order valence-corrected chi connectivity index (χ1v) is 2.19. The molecule has 0 radical (unpaired) electrons. The molecule has 0 aromatic heterocycles. The molecule has 0 saturated carbocycles. The van der Waals surface area contributed by atoms with Crippen LogP contribution in [0.5, 0.6) is 0 Å². The van der Waals surface area contributed by atoms with Crippen LogP contribution < -0.4 is 84.9 Å². The van der Waals surface area contributed by atoms with Gasteiger partial charge in [-0.05, 0) is 0 Å². The van der Waals surface area contributed by atoms with E-state index in [9.17, 15) is 0 Å². The van der Waals surface area contributed by atoms with Gasteiger partial charge in [-0.25, -0.2) is 0 Å². The smallest absolute Gasteiger partial charge is 0.822 e. The maximum atomic E-state index is 8.55. The van der Waals surface area contributed by atoms with E-state index in [-0.39, 0.29) is 87.3 Å². The average Bonchev–Trinajstić information content (AvgIpc) is 0.722. The van der Waals surface area contributed by atoms with Crippen LogP contribution in [0.1, 0.15) is 0 Å². The molecule has 0 aliphatic carbocycles. The summed E-state index contributed by atoms with van der Waals surface area (Å²) >= 11 is 0. The topological polar surface area (TPSA) is 86.2 Å². The molecule has 0 unspecified atom stereocenters. The number of phosphoric acid groups is 1. The minimum absolute atomic E-state index is 0. The minimum Gasteiger partial charge on any atom is -0.822 e. The summed E-state index contributed by atoms with van der Waals surface area (Å²) in [4.78, 5) is 25.6. The van der Waals surface area contributed by atoms with Crippen molar-refractivity contribution in [1.29, 1.82) is 0 Å². The fraction of sp³-hybridized carbons (Fsp3) is 0. The van der Waals surface area contributed by atoms with Gasteiger partial charge in [-0.15, -0.1) is 0 Å². The molecule has 42 valence electrons. The van der Waals surface area contributed by atoms with Crippen molar-refractivity contribution in [1.82, 2.24) is 0 Å². The second-order valence-electron chi connectivity index (χ2n) is 0.447. The molecule has 0 aliphatic rings. The Morgan fingerprint density at radius 1 is 1.12 bits per heavy atom. The zero-order valence-corrected chi connectivity index (χ0v) is 9.34. The van der Waals surface area contributed by atoms with Crippen molar-refractivity contribution >= 4 is 7.82 Å². The van der Waals surface area contributed by atoms with E-state index in [1.54, 1.807) is 0 Å². The predicted octanol–water partition coefficient (Wildman–Crippen LogP) is -8.82. The molecule has 0 atom stereocenters. The molecule has 8 heteroatoms. The molecule has 8 heavy (non-hydrogen) atoms. The van der Waals surface area contributed by atoms with Crippen LogP contribution in [-0.2, 0) is 21.6 Å². The van der Waals surface area contributed by atoms with Crippen molar-refractivity contribution in [2.45, 2.75) is 0 Å². The molecule has 4 nitrogen and oxygen atoms in total. The first kappa shape index (κ1) is 22.4.